The Kier molecular flexibility index (Phi) is 2.89. The summed E-state index contributed by atoms with van der Waals surface area (Å²) >= 11 is 5.87. The first-order valence-corrected chi connectivity index (χ1v) is 6.73. The Balaban J connectivity index is 1.65. The van der Waals surface area contributed by atoms with Crippen LogP contribution >= 0.6 is 11.6 Å². The van der Waals surface area contributed by atoms with E-state index in [0.717, 1.165) is 37.0 Å². The van der Waals surface area contributed by atoms with Crippen molar-refractivity contribution in [2.24, 2.45) is 0 Å². The van der Waals surface area contributed by atoms with E-state index in [1.54, 1.807) is 0 Å². The summed E-state index contributed by atoms with van der Waals surface area (Å²) in [6.45, 7) is 1.88. The van der Waals surface area contributed by atoms with Gasteiger partial charge in [-0.2, -0.15) is 0 Å². The lowest BCUT2D eigenvalue weighted by Gasteiger charge is -2.23. The minimum absolute atomic E-state index is 0.531. The van der Waals surface area contributed by atoms with Crippen LogP contribution in [0, 0.1) is 0 Å². The fourth-order valence-corrected chi connectivity index (χ4v) is 2.89. The van der Waals surface area contributed by atoms with Crippen LogP contribution < -0.4 is 0 Å². The summed E-state index contributed by atoms with van der Waals surface area (Å²) < 4.78 is 0. The third kappa shape index (κ3) is 2.65. The van der Waals surface area contributed by atoms with Gasteiger partial charge in [0.1, 0.15) is 0 Å². The van der Waals surface area contributed by atoms with Crippen molar-refractivity contribution in [3.63, 3.8) is 0 Å². The number of aliphatic hydroxyl groups is 1. The molecule has 2 aliphatic rings. The largest absolute Gasteiger partial charge is 0.388 e. The molecule has 0 bridgehead atoms. The zero-order chi connectivity index (χ0) is 11.9. The fraction of sp³-hybridized carbons (Fsp3) is 0.571. The summed E-state index contributed by atoms with van der Waals surface area (Å²) in [6.07, 6.45) is 4.27. The minimum Gasteiger partial charge on any atom is -0.388 e. The molecule has 1 unspecified atom stereocenters. The maximum absolute atomic E-state index is 10.6. The second-order valence-electron chi connectivity index (χ2n) is 5.48. The quantitative estimate of drug-likeness (QED) is 0.892. The number of halogens is 1. The van der Waals surface area contributed by atoms with Crippen LogP contribution in [0.15, 0.2) is 24.3 Å². The smallest absolute Gasteiger partial charge is 0.0826 e. The number of nitrogens with zero attached hydrogens (tertiary/aromatic N) is 1. The summed E-state index contributed by atoms with van der Waals surface area (Å²) in [5.41, 5.74) is 0.644. The molecule has 1 saturated carbocycles. The van der Waals surface area contributed by atoms with Gasteiger partial charge >= 0.3 is 0 Å². The molecular weight excluding hydrogens is 234 g/mol. The van der Waals surface area contributed by atoms with Crippen LogP contribution in [-0.4, -0.2) is 34.7 Å². The predicted octanol–water partition coefficient (Wildman–Crippen LogP) is 2.48. The molecule has 1 aromatic rings. The Hall–Kier alpha value is -0.570. The van der Waals surface area contributed by atoms with Crippen molar-refractivity contribution >= 4 is 11.6 Å². The molecule has 1 atom stereocenters. The Bertz CT molecular complexity index is 401. The molecule has 1 aromatic carbocycles. The molecule has 0 radical (unpaired) electrons. The summed E-state index contributed by atoms with van der Waals surface area (Å²) in [7, 11) is 0. The average molecular weight is 252 g/mol. The van der Waals surface area contributed by atoms with Gasteiger partial charge in [-0.1, -0.05) is 23.7 Å². The summed E-state index contributed by atoms with van der Waals surface area (Å²) in [6, 6.07) is 8.58. The van der Waals surface area contributed by atoms with E-state index in [4.69, 9.17) is 11.6 Å². The molecule has 1 N–H and O–H groups in total. The van der Waals surface area contributed by atoms with Gasteiger partial charge in [-0.05, 0) is 37.0 Å². The topological polar surface area (TPSA) is 23.5 Å². The zero-order valence-electron chi connectivity index (χ0n) is 9.90. The van der Waals surface area contributed by atoms with Crippen LogP contribution in [0.1, 0.15) is 24.8 Å². The zero-order valence-corrected chi connectivity index (χ0v) is 10.7. The second-order valence-corrected chi connectivity index (χ2v) is 5.92. The molecule has 2 nitrogen and oxygen atoms in total. The molecular formula is C14H18ClNO. The van der Waals surface area contributed by atoms with Crippen molar-refractivity contribution in [1.29, 1.82) is 0 Å². The molecule has 1 heterocycles. The lowest BCUT2D eigenvalue weighted by atomic mass is 9.94. The Morgan fingerprint density at radius 3 is 2.65 bits per heavy atom. The second kappa shape index (κ2) is 4.27. The minimum atomic E-state index is -0.531. The van der Waals surface area contributed by atoms with Crippen molar-refractivity contribution < 1.29 is 5.11 Å². The van der Waals surface area contributed by atoms with Crippen LogP contribution in [0.2, 0.25) is 5.02 Å². The number of likely N-dealkylation sites (tertiary alicyclic amines) is 1. The maximum Gasteiger partial charge on any atom is 0.0826 e. The van der Waals surface area contributed by atoms with E-state index in [9.17, 15) is 5.11 Å². The SMILES string of the molecule is OC1(Cc2ccc(Cl)cc2)CCN(C2CC2)C1. The van der Waals surface area contributed by atoms with Crippen molar-refractivity contribution in [2.75, 3.05) is 13.1 Å². The Morgan fingerprint density at radius 1 is 1.29 bits per heavy atom. The molecule has 0 amide bonds. The first kappa shape index (κ1) is 11.5. The third-order valence-corrected chi connectivity index (χ3v) is 4.12. The van der Waals surface area contributed by atoms with E-state index < -0.39 is 5.60 Å². The average Bonchev–Trinajstić information content (AvgIpc) is 3.07. The van der Waals surface area contributed by atoms with Gasteiger partial charge in [0.2, 0.25) is 0 Å². The van der Waals surface area contributed by atoms with Gasteiger partial charge in [-0.3, -0.25) is 4.90 Å². The molecule has 92 valence electrons. The van der Waals surface area contributed by atoms with Crippen LogP contribution in [0.4, 0.5) is 0 Å². The number of β-amino-alcohol motifs (C(OH)–C–C–N with tert-alkyl or cyclic N) is 1. The molecule has 17 heavy (non-hydrogen) atoms. The van der Waals surface area contributed by atoms with E-state index >= 15 is 0 Å². The highest BCUT2D eigenvalue weighted by Gasteiger charge is 2.41. The molecule has 3 heteroatoms. The molecule has 1 aliphatic carbocycles. The van der Waals surface area contributed by atoms with Crippen molar-refractivity contribution in [3.05, 3.63) is 34.9 Å². The molecule has 0 spiro atoms. The van der Waals surface area contributed by atoms with E-state index in [-0.39, 0.29) is 0 Å². The first-order valence-electron chi connectivity index (χ1n) is 6.36. The maximum atomic E-state index is 10.6. The molecule has 0 aromatic heterocycles. The summed E-state index contributed by atoms with van der Waals surface area (Å²) in [5, 5.41) is 11.3. The Labute approximate surface area is 107 Å². The van der Waals surface area contributed by atoms with E-state index in [0.29, 0.717) is 0 Å². The molecule has 1 aliphatic heterocycles. The van der Waals surface area contributed by atoms with Gasteiger partial charge in [0, 0.05) is 30.6 Å². The van der Waals surface area contributed by atoms with E-state index in [2.05, 4.69) is 4.90 Å². The summed E-state index contributed by atoms with van der Waals surface area (Å²) in [4.78, 5) is 2.44. The van der Waals surface area contributed by atoms with Crippen LogP contribution in [0.5, 0.6) is 0 Å². The van der Waals surface area contributed by atoms with Gasteiger partial charge in [0.25, 0.3) is 0 Å². The summed E-state index contributed by atoms with van der Waals surface area (Å²) in [5.74, 6) is 0. The monoisotopic (exact) mass is 251 g/mol. The number of hydrogen-bond donors (Lipinski definition) is 1. The van der Waals surface area contributed by atoms with Gasteiger partial charge in [-0.15, -0.1) is 0 Å². The van der Waals surface area contributed by atoms with Gasteiger partial charge in [0.05, 0.1) is 5.60 Å². The fourth-order valence-electron chi connectivity index (χ4n) is 2.77. The highest BCUT2D eigenvalue weighted by Crippen LogP contribution is 2.34. The Morgan fingerprint density at radius 2 is 2.00 bits per heavy atom. The third-order valence-electron chi connectivity index (χ3n) is 3.87. The van der Waals surface area contributed by atoms with Crippen molar-refractivity contribution in [3.8, 4) is 0 Å². The first-order chi connectivity index (χ1) is 8.15. The van der Waals surface area contributed by atoms with Crippen LogP contribution in [-0.2, 0) is 6.42 Å². The highest BCUT2D eigenvalue weighted by atomic mass is 35.5. The number of rotatable bonds is 3. The molecule has 3 rings (SSSR count). The van der Waals surface area contributed by atoms with Crippen LogP contribution in [0.25, 0.3) is 0 Å². The molecule has 2 fully saturated rings. The molecule has 1 saturated heterocycles. The predicted molar refractivity (Wildman–Crippen MR) is 69.3 cm³/mol. The van der Waals surface area contributed by atoms with Gasteiger partial charge in [-0.25, -0.2) is 0 Å². The van der Waals surface area contributed by atoms with Crippen molar-refractivity contribution in [2.45, 2.75) is 37.3 Å². The highest BCUT2D eigenvalue weighted by molar-refractivity contribution is 6.30. The van der Waals surface area contributed by atoms with E-state index in [1.807, 2.05) is 24.3 Å². The number of benzene rings is 1. The standard InChI is InChI=1S/C14H18ClNO/c15-12-3-1-11(2-4-12)9-14(17)7-8-16(10-14)13-5-6-13/h1-4,13,17H,5-10H2. The number of hydrogen-bond acceptors (Lipinski definition) is 2. The van der Waals surface area contributed by atoms with Gasteiger partial charge in [0.15, 0.2) is 0 Å². The lowest BCUT2D eigenvalue weighted by molar-refractivity contribution is 0.0487. The normalized spacial score (nSPS) is 29.8. The van der Waals surface area contributed by atoms with Crippen LogP contribution in [0.3, 0.4) is 0 Å². The van der Waals surface area contributed by atoms with Gasteiger partial charge < -0.3 is 5.11 Å². The van der Waals surface area contributed by atoms with E-state index in [1.165, 1.54) is 18.4 Å². The lowest BCUT2D eigenvalue weighted by Crippen LogP contribution is -2.36. The van der Waals surface area contributed by atoms with Crippen molar-refractivity contribution in [1.82, 2.24) is 4.90 Å².